The lowest BCUT2D eigenvalue weighted by molar-refractivity contribution is 0.409. The molecule has 1 atom stereocenters. The zero-order valence-electron chi connectivity index (χ0n) is 11.7. The quantitative estimate of drug-likeness (QED) is 0.894. The number of aryl methyl sites for hydroxylation is 1. The van der Waals surface area contributed by atoms with E-state index in [-0.39, 0.29) is 0 Å². The zero-order chi connectivity index (χ0) is 13.8. The molecule has 1 unspecified atom stereocenters. The lowest BCUT2D eigenvalue weighted by Gasteiger charge is -2.26. The lowest BCUT2D eigenvalue weighted by atomic mass is 9.88. The lowest BCUT2D eigenvalue weighted by Crippen LogP contribution is -2.36. The Kier molecular flexibility index (Phi) is 3.97. The van der Waals surface area contributed by atoms with Crippen molar-refractivity contribution in [3.8, 4) is 5.75 Å². The van der Waals surface area contributed by atoms with Crippen LogP contribution in [0.15, 0.2) is 30.6 Å². The maximum Gasteiger partial charge on any atom is 0.119 e. The molecule has 1 aliphatic carbocycles. The van der Waals surface area contributed by atoms with Gasteiger partial charge in [-0.15, -0.1) is 5.10 Å². The van der Waals surface area contributed by atoms with Crippen molar-refractivity contribution in [2.24, 2.45) is 0 Å². The van der Waals surface area contributed by atoms with E-state index in [1.54, 1.807) is 13.3 Å². The van der Waals surface area contributed by atoms with Crippen molar-refractivity contribution in [1.29, 1.82) is 0 Å². The predicted octanol–water partition coefficient (Wildman–Crippen LogP) is 1.43. The number of fused-ring (bicyclic) bond motifs is 1. The van der Waals surface area contributed by atoms with Gasteiger partial charge in [0.25, 0.3) is 0 Å². The van der Waals surface area contributed by atoms with E-state index in [1.165, 1.54) is 17.5 Å². The van der Waals surface area contributed by atoms with E-state index >= 15 is 0 Å². The average Bonchev–Trinajstić information content (AvgIpc) is 3.00. The highest BCUT2D eigenvalue weighted by Gasteiger charge is 2.18. The second-order valence-corrected chi connectivity index (χ2v) is 5.19. The molecule has 2 aromatic rings. The fourth-order valence-corrected chi connectivity index (χ4v) is 2.77. The van der Waals surface area contributed by atoms with Gasteiger partial charge in [-0.05, 0) is 42.5 Å². The van der Waals surface area contributed by atoms with Crippen molar-refractivity contribution in [1.82, 2.24) is 20.3 Å². The Morgan fingerprint density at radius 1 is 1.40 bits per heavy atom. The molecule has 0 fully saturated rings. The second-order valence-electron chi connectivity index (χ2n) is 5.19. The number of benzene rings is 1. The molecule has 106 valence electrons. The van der Waals surface area contributed by atoms with E-state index in [0.29, 0.717) is 6.04 Å². The summed E-state index contributed by atoms with van der Waals surface area (Å²) in [6, 6.07) is 6.95. The van der Waals surface area contributed by atoms with Gasteiger partial charge in [0.15, 0.2) is 0 Å². The van der Waals surface area contributed by atoms with Gasteiger partial charge >= 0.3 is 0 Å². The molecule has 20 heavy (non-hydrogen) atoms. The van der Waals surface area contributed by atoms with Gasteiger partial charge in [0.2, 0.25) is 0 Å². The molecule has 3 rings (SSSR count). The summed E-state index contributed by atoms with van der Waals surface area (Å²) < 4.78 is 7.16. The van der Waals surface area contributed by atoms with E-state index in [2.05, 4.69) is 33.8 Å². The van der Waals surface area contributed by atoms with Gasteiger partial charge in [-0.3, -0.25) is 4.68 Å². The number of hydrogen-bond donors (Lipinski definition) is 1. The summed E-state index contributed by atoms with van der Waals surface area (Å²) in [4.78, 5) is 0. The molecule has 0 saturated heterocycles. The Morgan fingerprint density at radius 2 is 2.35 bits per heavy atom. The molecule has 0 saturated carbocycles. The third kappa shape index (κ3) is 2.99. The molecule has 5 nitrogen and oxygen atoms in total. The molecule has 0 radical (unpaired) electrons. The molecule has 1 aromatic heterocycles. The van der Waals surface area contributed by atoms with E-state index in [4.69, 9.17) is 4.74 Å². The standard InChI is InChI=1S/C15H20N4O/c1-20-15-5-3-12-2-4-14(10-13(12)11-15)16-6-8-19-9-7-17-18-19/h3,5,7,9,11,14,16H,2,4,6,8,10H2,1H3. The van der Waals surface area contributed by atoms with Crippen molar-refractivity contribution < 1.29 is 4.74 Å². The summed E-state index contributed by atoms with van der Waals surface area (Å²) in [6.45, 7) is 1.79. The summed E-state index contributed by atoms with van der Waals surface area (Å²) in [6.07, 6.45) is 7.01. The molecular formula is C15H20N4O. The highest BCUT2D eigenvalue weighted by atomic mass is 16.5. The zero-order valence-corrected chi connectivity index (χ0v) is 11.7. The molecule has 0 amide bonds. The molecule has 0 bridgehead atoms. The van der Waals surface area contributed by atoms with Gasteiger partial charge in [-0.1, -0.05) is 11.3 Å². The monoisotopic (exact) mass is 272 g/mol. The van der Waals surface area contributed by atoms with Gasteiger partial charge < -0.3 is 10.1 Å². The number of nitrogens with zero attached hydrogens (tertiary/aromatic N) is 3. The molecular weight excluding hydrogens is 252 g/mol. The van der Waals surface area contributed by atoms with Crippen LogP contribution in [0, 0.1) is 0 Å². The summed E-state index contributed by atoms with van der Waals surface area (Å²) in [5, 5.41) is 11.4. The van der Waals surface area contributed by atoms with Crippen LogP contribution in [0.2, 0.25) is 0 Å². The molecule has 1 heterocycles. The Bertz CT molecular complexity index is 553. The van der Waals surface area contributed by atoms with E-state index in [0.717, 1.165) is 31.7 Å². The van der Waals surface area contributed by atoms with Crippen LogP contribution in [0.5, 0.6) is 5.75 Å². The van der Waals surface area contributed by atoms with Gasteiger partial charge in [0.1, 0.15) is 5.75 Å². The maximum atomic E-state index is 5.31. The van der Waals surface area contributed by atoms with Crippen LogP contribution in [0.1, 0.15) is 17.5 Å². The summed E-state index contributed by atoms with van der Waals surface area (Å²) in [5.41, 5.74) is 2.87. The Hall–Kier alpha value is -1.88. The molecule has 1 aromatic carbocycles. The third-order valence-electron chi connectivity index (χ3n) is 3.89. The van der Waals surface area contributed by atoms with Crippen LogP contribution >= 0.6 is 0 Å². The van der Waals surface area contributed by atoms with Crippen LogP contribution < -0.4 is 10.1 Å². The number of methoxy groups -OCH3 is 1. The van der Waals surface area contributed by atoms with E-state index in [9.17, 15) is 0 Å². The van der Waals surface area contributed by atoms with E-state index < -0.39 is 0 Å². The van der Waals surface area contributed by atoms with Crippen molar-refractivity contribution in [3.05, 3.63) is 41.7 Å². The average molecular weight is 272 g/mol. The first-order valence-corrected chi connectivity index (χ1v) is 7.08. The van der Waals surface area contributed by atoms with Gasteiger partial charge in [0, 0.05) is 18.8 Å². The normalized spacial score (nSPS) is 17.8. The highest BCUT2D eigenvalue weighted by Crippen LogP contribution is 2.25. The van der Waals surface area contributed by atoms with E-state index in [1.807, 2.05) is 10.9 Å². The van der Waals surface area contributed by atoms with Crippen LogP contribution in [-0.4, -0.2) is 34.7 Å². The summed E-state index contributed by atoms with van der Waals surface area (Å²) in [5.74, 6) is 0.951. The summed E-state index contributed by atoms with van der Waals surface area (Å²) in [7, 11) is 1.72. The first-order chi connectivity index (χ1) is 9.85. The van der Waals surface area contributed by atoms with Crippen LogP contribution in [-0.2, 0) is 19.4 Å². The minimum atomic E-state index is 0.540. The number of aromatic nitrogens is 3. The van der Waals surface area contributed by atoms with Crippen LogP contribution in [0.3, 0.4) is 0 Å². The van der Waals surface area contributed by atoms with Crippen LogP contribution in [0.4, 0.5) is 0 Å². The van der Waals surface area contributed by atoms with Crippen molar-refractivity contribution in [3.63, 3.8) is 0 Å². The molecule has 1 aliphatic rings. The molecule has 0 spiro atoms. The van der Waals surface area contributed by atoms with Crippen molar-refractivity contribution >= 4 is 0 Å². The Morgan fingerprint density at radius 3 is 3.15 bits per heavy atom. The number of rotatable bonds is 5. The maximum absolute atomic E-state index is 5.31. The number of hydrogen-bond acceptors (Lipinski definition) is 4. The smallest absolute Gasteiger partial charge is 0.119 e. The first kappa shape index (κ1) is 13.1. The largest absolute Gasteiger partial charge is 0.497 e. The first-order valence-electron chi connectivity index (χ1n) is 7.08. The number of ether oxygens (including phenoxy) is 1. The van der Waals surface area contributed by atoms with Crippen LogP contribution in [0.25, 0.3) is 0 Å². The van der Waals surface area contributed by atoms with Crippen molar-refractivity contribution in [2.75, 3.05) is 13.7 Å². The number of nitrogens with one attached hydrogen (secondary N) is 1. The van der Waals surface area contributed by atoms with Gasteiger partial charge in [-0.25, -0.2) is 0 Å². The molecule has 0 aliphatic heterocycles. The van der Waals surface area contributed by atoms with Crippen molar-refractivity contribution in [2.45, 2.75) is 31.8 Å². The third-order valence-corrected chi connectivity index (χ3v) is 3.89. The SMILES string of the molecule is COc1ccc2c(c1)CC(NCCn1ccnn1)CC2. The molecule has 5 heteroatoms. The Balaban J connectivity index is 1.55. The fourth-order valence-electron chi connectivity index (χ4n) is 2.77. The topological polar surface area (TPSA) is 52.0 Å². The fraction of sp³-hybridized carbons (Fsp3) is 0.467. The van der Waals surface area contributed by atoms with Gasteiger partial charge in [0.05, 0.1) is 19.9 Å². The second kappa shape index (κ2) is 6.05. The Labute approximate surface area is 118 Å². The highest BCUT2D eigenvalue weighted by molar-refractivity contribution is 5.37. The minimum Gasteiger partial charge on any atom is -0.497 e. The summed E-state index contributed by atoms with van der Waals surface area (Å²) >= 11 is 0. The molecule has 1 N–H and O–H groups in total. The predicted molar refractivity (Wildman–Crippen MR) is 76.8 cm³/mol. The van der Waals surface area contributed by atoms with Gasteiger partial charge in [-0.2, -0.15) is 0 Å². The minimum absolute atomic E-state index is 0.540.